The zero-order valence-corrected chi connectivity index (χ0v) is 22.1. The molecular formula is C27H30ClN3O4S. The maximum Gasteiger partial charge on any atom is 0.264 e. The topological polar surface area (TPSA) is 86.8 Å². The molecule has 9 heteroatoms. The van der Waals surface area contributed by atoms with Crippen molar-refractivity contribution >= 4 is 39.1 Å². The number of benzene rings is 3. The first-order chi connectivity index (χ1) is 17.2. The van der Waals surface area contributed by atoms with Crippen LogP contribution in [0.3, 0.4) is 0 Å². The predicted molar refractivity (Wildman–Crippen MR) is 142 cm³/mol. The van der Waals surface area contributed by atoms with Gasteiger partial charge in [-0.1, -0.05) is 73.1 Å². The number of para-hydroxylation sites is 1. The molecule has 0 aliphatic carbocycles. The average Bonchev–Trinajstić information content (AvgIpc) is 2.90. The number of hydrogen-bond donors (Lipinski definition) is 1. The second-order valence-electron chi connectivity index (χ2n) is 8.21. The largest absolute Gasteiger partial charge is 0.357 e. The van der Waals surface area contributed by atoms with Crippen LogP contribution in [-0.2, 0) is 32.6 Å². The van der Waals surface area contributed by atoms with E-state index in [0.717, 1.165) is 9.87 Å². The summed E-state index contributed by atoms with van der Waals surface area (Å²) in [6, 6.07) is 21.3. The maximum atomic E-state index is 13.8. The van der Waals surface area contributed by atoms with Gasteiger partial charge >= 0.3 is 0 Å². The molecule has 0 fully saturated rings. The van der Waals surface area contributed by atoms with Crippen LogP contribution in [0.1, 0.15) is 25.0 Å². The van der Waals surface area contributed by atoms with Crippen LogP contribution in [-0.4, -0.2) is 44.8 Å². The highest BCUT2D eigenvalue weighted by Crippen LogP contribution is 2.28. The van der Waals surface area contributed by atoms with Crippen molar-refractivity contribution in [3.8, 4) is 0 Å². The lowest BCUT2D eigenvalue weighted by Crippen LogP contribution is -2.50. The fourth-order valence-corrected chi connectivity index (χ4v) is 5.56. The minimum Gasteiger partial charge on any atom is -0.357 e. The minimum atomic E-state index is -4.09. The number of carbonyl (C=O) groups excluding carboxylic acids is 2. The molecule has 0 aliphatic heterocycles. The van der Waals surface area contributed by atoms with E-state index in [1.54, 1.807) is 61.5 Å². The highest BCUT2D eigenvalue weighted by molar-refractivity contribution is 7.92. The van der Waals surface area contributed by atoms with Crippen molar-refractivity contribution in [3.63, 3.8) is 0 Å². The Morgan fingerprint density at radius 3 is 2.11 bits per heavy atom. The standard InChI is InChI=1S/C27H30ClN3O4S/c1-4-21-12-9-11-17-25(21)31(36(34,35)23-14-6-5-7-15-23)19-26(32)30(20(2)27(33)29-3)18-22-13-8-10-16-24(22)28/h5-17,20H,4,18-19H2,1-3H3,(H,29,33)/t20-/m1/s1. The first-order valence-electron chi connectivity index (χ1n) is 11.6. The number of halogens is 1. The fourth-order valence-electron chi connectivity index (χ4n) is 3.89. The van der Waals surface area contributed by atoms with Gasteiger partial charge in [-0.2, -0.15) is 0 Å². The summed E-state index contributed by atoms with van der Waals surface area (Å²) in [5.74, 6) is -0.904. The third kappa shape index (κ3) is 6.06. The van der Waals surface area contributed by atoms with Crippen molar-refractivity contribution in [2.75, 3.05) is 17.9 Å². The van der Waals surface area contributed by atoms with Gasteiger partial charge in [0.25, 0.3) is 10.0 Å². The first-order valence-corrected chi connectivity index (χ1v) is 13.4. The van der Waals surface area contributed by atoms with Crippen molar-refractivity contribution in [1.82, 2.24) is 10.2 Å². The number of carbonyl (C=O) groups is 2. The SMILES string of the molecule is CCc1ccccc1N(CC(=O)N(Cc1ccccc1Cl)[C@H](C)C(=O)NC)S(=O)(=O)c1ccccc1. The second-order valence-corrected chi connectivity index (χ2v) is 10.5. The lowest BCUT2D eigenvalue weighted by molar-refractivity contribution is -0.139. The molecular weight excluding hydrogens is 498 g/mol. The molecule has 1 N–H and O–H groups in total. The molecule has 0 heterocycles. The summed E-state index contributed by atoms with van der Waals surface area (Å²) in [7, 11) is -2.60. The Kier molecular flexibility index (Phi) is 9.12. The van der Waals surface area contributed by atoms with E-state index in [1.165, 1.54) is 24.1 Å². The van der Waals surface area contributed by atoms with E-state index in [9.17, 15) is 18.0 Å². The molecule has 0 unspecified atom stereocenters. The van der Waals surface area contributed by atoms with Crippen molar-refractivity contribution in [1.29, 1.82) is 0 Å². The Hall–Kier alpha value is -3.36. The molecule has 1 atom stereocenters. The number of nitrogens with zero attached hydrogens (tertiary/aromatic N) is 2. The zero-order chi connectivity index (χ0) is 26.3. The number of sulfonamides is 1. The summed E-state index contributed by atoms with van der Waals surface area (Å²) in [4.78, 5) is 27.7. The third-order valence-corrected chi connectivity index (χ3v) is 8.11. The highest BCUT2D eigenvalue weighted by atomic mass is 35.5. The van der Waals surface area contributed by atoms with Crippen LogP contribution in [0.25, 0.3) is 0 Å². The van der Waals surface area contributed by atoms with Crippen LogP contribution in [0.2, 0.25) is 5.02 Å². The van der Waals surface area contributed by atoms with Gasteiger partial charge in [-0.25, -0.2) is 8.42 Å². The van der Waals surface area contributed by atoms with Crippen LogP contribution >= 0.6 is 11.6 Å². The third-order valence-electron chi connectivity index (χ3n) is 5.96. The van der Waals surface area contributed by atoms with Gasteiger partial charge in [0.15, 0.2) is 0 Å². The molecule has 0 saturated carbocycles. The number of likely N-dealkylation sites (N-methyl/N-ethyl adjacent to an activating group) is 1. The van der Waals surface area contributed by atoms with E-state index in [2.05, 4.69) is 5.32 Å². The lowest BCUT2D eigenvalue weighted by atomic mass is 10.1. The number of amides is 2. The van der Waals surface area contributed by atoms with E-state index in [1.807, 2.05) is 19.1 Å². The molecule has 3 rings (SSSR count). The summed E-state index contributed by atoms with van der Waals surface area (Å²) in [5, 5.41) is 3.01. The zero-order valence-electron chi connectivity index (χ0n) is 20.5. The molecule has 190 valence electrons. The molecule has 0 bridgehead atoms. The molecule has 0 aliphatic rings. The molecule has 3 aromatic rings. The number of hydrogen-bond acceptors (Lipinski definition) is 4. The van der Waals surface area contributed by atoms with Crippen molar-refractivity contribution in [2.45, 2.75) is 37.8 Å². The lowest BCUT2D eigenvalue weighted by Gasteiger charge is -2.32. The van der Waals surface area contributed by atoms with Crippen LogP contribution in [0, 0.1) is 0 Å². The van der Waals surface area contributed by atoms with E-state index >= 15 is 0 Å². The van der Waals surface area contributed by atoms with Gasteiger partial charge in [0.2, 0.25) is 11.8 Å². The minimum absolute atomic E-state index is 0.0434. The van der Waals surface area contributed by atoms with Crippen molar-refractivity contribution in [2.24, 2.45) is 0 Å². The smallest absolute Gasteiger partial charge is 0.264 e. The molecule has 0 spiro atoms. The summed E-state index contributed by atoms with van der Waals surface area (Å²) >= 11 is 6.34. The molecule has 36 heavy (non-hydrogen) atoms. The summed E-state index contributed by atoms with van der Waals surface area (Å²) in [6.07, 6.45) is 0.573. The normalized spacial score (nSPS) is 12.0. The Bertz CT molecular complexity index is 1320. The van der Waals surface area contributed by atoms with E-state index in [4.69, 9.17) is 11.6 Å². The van der Waals surface area contributed by atoms with Crippen LogP contribution < -0.4 is 9.62 Å². The molecule has 2 amide bonds. The van der Waals surface area contributed by atoms with Gasteiger partial charge in [0, 0.05) is 18.6 Å². The quantitative estimate of drug-likeness (QED) is 0.427. The summed E-state index contributed by atoms with van der Waals surface area (Å²) in [5.41, 5.74) is 1.85. The number of rotatable bonds is 10. The number of anilines is 1. The Morgan fingerprint density at radius 1 is 0.917 bits per heavy atom. The molecule has 0 aromatic heterocycles. The average molecular weight is 528 g/mol. The van der Waals surface area contributed by atoms with Gasteiger partial charge in [0.05, 0.1) is 10.6 Å². The number of aryl methyl sites for hydroxylation is 1. The molecule has 3 aromatic carbocycles. The van der Waals surface area contributed by atoms with Gasteiger partial charge in [-0.15, -0.1) is 0 Å². The Morgan fingerprint density at radius 2 is 1.50 bits per heavy atom. The van der Waals surface area contributed by atoms with Crippen LogP contribution in [0.15, 0.2) is 83.8 Å². The molecule has 0 radical (unpaired) electrons. The number of nitrogens with one attached hydrogen (secondary N) is 1. The molecule has 7 nitrogen and oxygen atoms in total. The Labute approximate surface area is 217 Å². The fraction of sp³-hybridized carbons (Fsp3) is 0.259. The van der Waals surface area contributed by atoms with E-state index in [-0.39, 0.29) is 17.3 Å². The van der Waals surface area contributed by atoms with E-state index < -0.39 is 28.5 Å². The van der Waals surface area contributed by atoms with Crippen molar-refractivity contribution in [3.05, 3.63) is 95.0 Å². The van der Waals surface area contributed by atoms with Crippen molar-refractivity contribution < 1.29 is 18.0 Å². The van der Waals surface area contributed by atoms with Gasteiger partial charge < -0.3 is 10.2 Å². The highest BCUT2D eigenvalue weighted by Gasteiger charge is 2.33. The van der Waals surface area contributed by atoms with Crippen LogP contribution in [0.4, 0.5) is 5.69 Å². The maximum absolute atomic E-state index is 13.8. The summed E-state index contributed by atoms with van der Waals surface area (Å²) < 4.78 is 28.7. The Balaban J connectivity index is 2.07. The summed E-state index contributed by atoms with van der Waals surface area (Å²) in [6.45, 7) is 3.08. The second kappa shape index (κ2) is 12.1. The first kappa shape index (κ1) is 27.2. The van der Waals surface area contributed by atoms with Crippen LogP contribution in [0.5, 0.6) is 0 Å². The van der Waals surface area contributed by atoms with Gasteiger partial charge in [0.1, 0.15) is 12.6 Å². The molecule has 0 saturated heterocycles. The van der Waals surface area contributed by atoms with Gasteiger partial charge in [-0.3, -0.25) is 13.9 Å². The van der Waals surface area contributed by atoms with Gasteiger partial charge in [-0.05, 0) is 48.7 Å². The van der Waals surface area contributed by atoms with E-state index in [0.29, 0.717) is 22.7 Å². The monoisotopic (exact) mass is 527 g/mol. The predicted octanol–water partition coefficient (Wildman–Crippen LogP) is 4.26.